The number of benzene rings is 3. The molecule has 2 fully saturated rings. The number of nitrogens with zero attached hydrogens (tertiary/aromatic N) is 1. The molecular formula is C28H29N. The van der Waals surface area contributed by atoms with Crippen LogP contribution in [-0.2, 0) is 0 Å². The molecule has 146 valence electrons. The maximum atomic E-state index is 2.44. The second kappa shape index (κ2) is 6.49. The third-order valence-electron chi connectivity index (χ3n) is 7.89. The summed E-state index contributed by atoms with van der Waals surface area (Å²) in [5, 5.41) is 0. The summed E-state index contributed by atoms with van der Waals surface area (Å²) in [6.45, 7) is 2.18. The second-order valence-electron chi connectivity index (χ2n) is 9.60. The Hall–Kier alpha value is -2.54. The molecule has 1 heteroatoms. The SMILES string of the molecule is Cc1cccc(N(C)c2cccc3c2-c2ccccc2C2CC4CC(C2)C3C4)c1. The molecule has 0 aromatic heterocycles. The first-order valence-electron chi connectivity index (χ1n) is 11.2. The van der Waals surface area contributed by atoms with E-state index in [1.807, 2.05) is 0 Å². The number of rotatable bonds is 2. The molecule has 3 bridgehead atoms. The lowest BCUT2D eigenvalue weighted by Crippen LogP contribution is -2.20. The van der Waals surface area contributed by atoms with E-state index < -0.39 is 0 Å². The Balaban J connectivity index is 1.61. The number of anilines is 2. The highest BCUT2D eigenvalue weighted by Crippen LogP contribution is 2.60. The summed E-state index contributed by atoms with van der Waals surface area (Å²) in [4.78, 5) is 2.40. The summed E-state index contributed by atoms with van der Waals surface area (Å²) >= 11 is 0. The molecule has 0 radical (unpaired) electrons. The average Bonchev–Trinajstić information content (AvgIpc) is 3.06. The van der Waals surface area contributed by atoms with Crippen molar-refractivity contribution in [2.45, 2.75) is 44.4 Å². The lowest BCUT2D eigenvalue weighted by Gasteiger charge is -2.35. The van der Waals surface area contributed by atoms with Crippen LogP contribution in [0.5, 0.6) is 0 Å². The molecule has 0 heterocycles. The van der Waals surface area contributed by atoms with Gasteiger partial charge in [0.15, 0.2) is 0 Å². The topological polar surface area (TPSA) is 3.24 Å². The van der Waals surface area contributed by atoms with Crippen molar-refractivity contribution in [1.29, 1.82) is 0 Å². The van der Waals surface area contributed by atoms with E-state index in [0.29, 0.717) is 0 Å². The van der Waals surface area contributed by atoms with Gasteiger partial charge in [-0.25, -0.2) is 0 Å². The molecule has 3 aliphatic rings. The number of hydrogen-bond acceptors (Lipinski definition) is 1. The van der Waals surface area contributed by atoms with Crippen LogP contribution in [0, 0.1) is 18.8 Å². The van der Waals surface area contributed by atoms with Crippen molar-refractivity contribution in [2.75, 3.05) is 11.9 Å². The molecule has 0 spiro atoms. The standard InChI is InChI=1S/C28H29N/c1-18-7-5-8-22(13-18)29(2)27-12-6-11-25-26-16-19-14-20(17-21(26)15-19)23-9-3-4-10-24(23)28(25)27/h3-13,19-21,26H,14-17H2,1-2H3. The van der Waals surface area contributed by atoms with E-state index >= 15 is 0 Å². The summed E-state index contributed by atoms with van der Waals surface area (Å²) in [5.74, 6) is 3.26. The smallest absolute Gasteiger partial charge is 0.0490 e. The Morgan fingerprint density at radius 2 is 1.62 bits per heavy atom. The minimum absolute atomic E-state index is 0.735. The summed E-state index contributed by atoms with van der Waals surface area (Å²) in [6, 6.07) is 25.2. The zero-order chi connectivity index (χ0) is 19.5. The van der Waals surface area contributed by atoms with Crippen molar-refractivity contribution >= 4 is 11.4 Å². The van der Waals surface area contributed by atoms with Gasteiger partial charge in [-0.2, -0.15) is 0 Å². The quantitative estimate of drug-likeness (QED) is 0.447. The molecule has 0 N–H and O–H groups in total. The summed E-state index contributed by atoms with van der Waals surface area (Å²) in [7, 11) is 2.23. The van der Waals surface area contributed by atoms with Gasteiger partial charge in [-0.05, 0) is 96.7 Å². The van der Waals surface area contributed by atoms with Crippen molar-refractivity contribution < 1.29 is 0 Å². The lowest BCUT2D eigenvalue weighted by molar-refractivity contribution is 0.311. The van der Waals surface area contributed by atoms with E-state index in [0.717, 1.165) is 23.7 Å². The first kappa shape index (κ1) is 17.3. The predicted molar refractivity (Wildman–Crippen MR) is 122 cm³/mol. The van der Waals surface area contributed by atoms with Crippen LogP contribution < -0.4 is 4.90 Å². The largest absolute Gasteiger partial charge is 0.344 e. The van der Waals surface area contributed by atoms with Gasteiger partial charge in [-0.1, -0.05) is 48.5 Å². The lowest BCUT2D eigenvalue weighted by atomic mass is 9.71. The molecule has 0 aliphatic heterocycles. The van der Waals surface area contributed by atoms with Crippen molar-refractivity contribution in [2.24, 2.45) is 11.8 Å². The number of aryl methyl sites for hydroxylation is 1. The molecule has 2 saturated carbocycles. The molecular weight excluding hydrogens is 350 g/mol. The van der Waals surface area contributed by atoms with Crippen LogP contribution in [0.25, 0.3) is 11.1 Å². The average molecular weight is 380 g/mol. The predicted octanol–water partition coefficient (Wildman–Crippen LogP) is 7.43. The molecule has 4 atom stereocenters. The number of fused-ring (bicyclic) bond motifs is 7. The van der Waals surface area contributed by atoms with Gasteiger partial charge in [0, 0.05) is 24.0 Å². The number of hydrogen-bond donors (Lipinski definition) is 0. The molecule has 3 aliphatic carbocycles. The van der Waals surface area contributed by atoms with E-state index in [4.69, 9.17) is 0 Å². The van der Waals surface area contributed by atoms with E-state index in [1.54, 1.807) is 11.1 Å². The first-order valence-corrected chi connectivity index (χ1v) is 11.2. The van der Waals surface area contributed by atoms with Gasteiger partial charge in [-0.3, -0.25) is 0 Å². The maximum Gasteiger partial charge on any atom is 0.0490 e. The zero-order valence-electron chi connectivity index (χ0n) is 17.4. The minimum Gasteiger partial charge on any atom is -0.344 e. The highest BCUT2D eigenvalue weighted by molar-refractivity contribution is 5.87. The van der Waals surface area contributed by atoms with Gasteiger partial charge in [0.25, 0.3) is 0 Å². The highest BCUT2D eigenvalue weighted by atomic mass is 15.1. The highest BCUT2D eigenvalue weighted by Gasteiger charge is 2.44. The molecule has 6 rings (SSSR count). The Kier molecular flexibility index (Phi) is 3.88. The van der Waals surface area contributed by atoms with Gasteiger partial charge in [0.1, 0.15) is 0 Å². The second-order valence-corrected chi connectivity index (χ2v) is 9.60. The maximum absolute atomic E-state index is 2.44. The van der Waals surface area contributed by atoms with Crippen LogP contribution in [0.1, 0.15) is 54.2 Å². The van der Waals surface area contributed by atoms with Gasteiger partial charge >= 0.3 is 0 Å². The van der Waals surface area contributed by atoms with E-state index in [1.165, 1.54) is 53.7 Å². The van der Waals surface area contributed by atoms with Gasteiger partial charge < -0.3 is 4.90 Å². The summed E-state index contributed by atoms with van der Waals surface area (Å²) in [6.07, 6.45) is 5.61. The monoisotopic (exact) mass is 379 g/mol. The van der Waals surface area contributed by atoms with Crippen LogP contribution in [0.15, 0.2) is 66.7 Å². The van der Waals surface area contributed by atoms with Gasteiger partial charge in [0.05, 0.1) is 0 Å². The Morgan fingerprint density at radius 3 is 2.52 bits per heavy atom. The Labute approximate surface area is 174 Å². The van der Waals surface area contributed by atoms with Crippen LogP contribution >= 0.6 is 0 Å². The normalized spacial score (nSPS) is 26.4. The van der Waals surface area contributed by atoms with Crippen LogP contribution in [0.4, 0.5) is 11.4 Å². The van der Waals surface area contributed by atoms with Crippen LogP contribution in [0.2, 0.25) is 0 Å². The van der Waals surface area contributed by atoms with Gasteiger partial charge in [0.2, 0.25) is 0 Å². The Morgan fingerprint density at radius 1 is 0.793 bits per heavy atom. The molecule has 4 unspecified atom stereocenters. The molecule has 29 heavy (non-hydrogen) atoms. The minimum atomic E-state index is 0.735. The Bertz CT molecular complexity index is 1080. The summed E-state index contributed by atoms with van der Waals surface area (Å²) in [5.41, 5.74) is 10.1. The van der Waals surface area contributed by atoms with E-state index in [2.05, 4.69) is 85.6 Å². The van der Waals surface area contributed by atoms with Crippen molar-refractivity contribution in [3.8, 4) is 11.1 Å². The third kappa shape index (κ3) is 2.67. The van der Waals surface area contributed by atoms with Crippen molar-refractivity contribution in [1.82, 2.24) is 0 Å². The molecule has 0 amide bonds. The first-order chi connectivity index (χ1) is 14.2. The third-order valence-corrected chi connectivity index (χ3v) is 7.89. The van der Waals surface area contributed by atoms with Crippen molar-refractivity contribution in [3.05, 3.63) is 83.4 Å². The van der Waals surface area contributed by atoms with Crippen LogP contribution in [-0.4, -0.2) is 7.05 Å². The fourth-order valence-electron chi connectivity index (χ4n) is 6.69. The molecule has 3 aromatic carbocycles. The van der Waals surface area contributed by atoms with E-state index in [-0.39, 0.29) is 0 Å². The molecule has 3 aromatic rings. The van der Waals surface area contributed by atoms with Crippen molar-refractivity contribution in [3.63, 3.8) is 0 Å². The molecule has 0 saturated heterocycles. The van der Waals surface area contributed by atoms with Gasteiger partial charge in [-0.15, -0.1) is 0 Å². The van der Waals surface area contributed by atoms with Crippen LogP contribution in [0.3, 0.4) is 0 Å². The molecule has 1 nitrogen and oxygen atoms in total. The fourth-order valence-corrected chi connectivity index (χ4v) is 6.69. The van der Waals surface area contributed by atoms with E-state index in [9.17, 15) is 0 Å². The fraction of sp³-hybridized carbons (Fsp3) is 0.357. The zero-order valence-corrected chi connectivity index (χ0v) is 17.4. The summed E-state index contributed by atoms with van der Waals surface area (Å²) < 4.78 is 0.